The first-order valence-corrected chi connectivity index (χ1v) is 4.20. The first kappa shape index (κ1) is 8.72. The van der Waals surface area contributed by atoms with E-state index < -0.39 is 4.87 Å². The van der Waals surface area contributed by atoms with Crippen LogP contribution in [0.15, 0.2) is 0 Å². The van der Waals surface area contributed by atoms with Crippen LogP contribution in [-0.2, 0) is 9.59 Å². The minimum absolute atomic E-state index is 0.0121. The third kappa shape index (κ3) is 2.03. The Bertz CT molecular complexity index is 194. The molecule has 0 aliphatic heterocycles. The van der Waals surface area contributed by atoms with Gasteiger partial charge in [0.05, 0.1) is 6.42 Å². The van der Waals surface area contributed by atoms with E-state index in [0.717, 1.165) is 12.8 Å². The molecule has 62 valence electrons. The Hall–Kier alpha value is -0.370. The van der Waals surface area contributed by atoms with Gasteiger partial charge in [-0.2, -0.15) is 0 Å². The molecule has 0 bridgehead atoms. The molecule has 0 amide bonds. The molecular weight excluding hydrogens is 164 g/mol. The molecule has 0 spiro atoms. The number of Topliss-reactive ketones (excluding diaryl/α,β-unsaturated/α-hetero) is 2. The summed E-state index contributed by atoms with van der Waals surface area (Å²) in [5.74, 6) is -0.104. The molecule has 0 aromatic rings. The molecule has 1 fully saturated rings. The zero-order valence-corrected chi connectivity index (χ0v) is 7.28. The van der Waals surface area contributed by atoms with E-state index in [-0.39, 0.29) is 18.0 Å². The second kappa shape index (κ2) is 2.94. The van der Waals surface area contributed by atoms with Gasteiger partial charge in [0.15, 0.2) is 5.78 Å². The fourth-order valence-electron chi connectivity index (χ4n) is 0.851. The van der Waals surface area contributed by atoms with E-state index in [1.165, 1.54) is 0 Å². The van der Waals surface area contributed by atoms with Crippen LogP contribution in [0.4, 0.5) is 0 Å². The predicted octanol–water partition coefficient (Wildman–Crippen LogP) is 1.70. The van der Waals surface area contributed by atoms with Crippen LogP contribution in [0.5, 0.6) is 0 Å². The molecule has 0 heterocycles. The highest BCUT2D eigenvalue weighted by atomic mass is 35.5. The fourth-order valence-corrected chi connectivity index (χ4v) is 1.01. The Morgan fingerprint density at radius 3 is 2.36 bits per heavy atom. The van der Waals surface area contributed by atoms with Gasteiger partial charge in [0.1, 0.15) is 10.7 Å². The van der Waals surface area contributed by atoms with Crippen molar-refractivity contribution in [2.45, 2.75) is 37.5 Å². The fraction of sp³-hybridized carbons (Fsp3) is 0.750. The van der Waals surface area contributed by atoms with Crippen molar-refractivity contribution >= 4 is 23.2 Å². The molecule has 2 nitrogen and oxygen atoms in total. The third-order valence-electron chi connectivity index (χ3n) is 1.94. The van der Waals surface area contributed by atoms with Crippen LogP contribution < -0.4 is 0 Å². The molecule has 1 saturated carbocycles. The van der Waals surface area contributed by atoms with Crippen LogP contribution in [0.2, 0.25) is 0 Å². The Labute approximate surface area is 70.9 Å². The molecule has 0 radical (unpaired) electrons. The summed E-state index contributed by atoms with van der Waals surface area (Å²) in [5.41, 5.74) is 0. The summed E-state index contributed by atoms with van der Waals surface area (Å²) in [5, 5.41) is 0. The van der Waals surface area contributed by atoms with E-state index in [1.54, 1.807) is 6.92 Å². The van der Waals surface area contributed by atoms with E-state index in [1.807, 2.05) is 0 Å². The normalized spacial score (nSPS) is 19.5. The van der Waals surface area contributed by atoms with Gasteiger partial charge in [-0.25, -0.2) is 0 Å². The lowest BCUT2D eigenvalue weighted by atomic mass is 10.1. The maximum Gasteiger partial charge on any atom is 0.161 e. The van der Waals surface area contributed by atoms with Crippen molar-refractivity contribution in [1.29, 1.82) is 0 Å². The second-order valence-electron chi connectivity index (χ2n) is 2.96. The summed E-state index contributed by atoms with van der Waals surface area (Å²) in [6.07, 6.45) is 1.94. The maximum absolute atomic E-state index is 11.1. The topological polar surface area (TPSA) is 34.1 Å². The van der Waals surface area contributed by atoms with Crippen molar-refractivity contribution in [2.75, 3.05) is 0 Å². The molecule has 1 aliphatic carbocycles. The lowest BCUT2D eigenvalue weighted by Gasteiger charge is -2.01. The summed E-state index contributed by atoms with van der Waals surface area (Å²) in [7, 11) is 0. The zero-order chi connectivity index (χ0) is 8.48. The van der Waals surface area contributed by atoms with E-state index in [9.17, 15) is 9.59 Å². The predicted molar refractivity (Wildman–Crippen MR) is 42.7 cm³/mol. The number of rotatable bonds is 4. The largest absolute Gasteiger partial charge is 0.299 e. The lowest BCUT2D eigenvalue weighted by Crippen LogP contribution is -2.18. The van der Waals surface area contributed by atoms with Gasteiger partial charge in [-0.15, -0.1) is 11.6 Å². The SMILES string of the molecule is CCC(=O)CC(=O)C1(Cl)CC1. The summed E-state index contributed by atoms with van der Waals surface area (Å²) in [4.78, 5) is 21.3. The Balaban J connectivity index is 2.38. The average Bonchev–Trinajstić information content (AvgIpc) is 2.69. The van der Waals surface area contributed by atoms with Crippen molar-refractivity contribution in [3.05, 3.63) is 0 Å². The minimum Gasteiger partial charge on any atom is -0.299 e. The van der Waals surface area contributed by atoms with E-state index in [0.29, 0.717) is 6.42 Å². The van der Waals surface area contributed by atoms with Crippen LogP contribution in [0.25, 0.3) is 0 Å². The highest BCUT2D eigenvalue weighted by molar-refractivity contribution is 6.38. The van der Waals surface area contributed by atoms with Crippen LogP contribution in [0.3, 0.4) is 0 Å². The van der Waals surface area contributed by atoms with Crippen molar-refractivity contribution in [2.24, 2.45) is 0 Å². The number of ketones is 2. The highest BCUT2D eigenvalue weighted by Gasteiger charge is 2.47. The summed E-state index contributed by atoms with van der Waals surface area (Å²) in [6, 6.07) is 0. The molecule has 0 atom stereocenters. The van der Waals surface area contributed by atoms with Gasteiger partial charge in [-0.3, -0.25) is 9.59 Å². The third-order valence-corrected chi connectivity index (χ3v) is 2.53. The van der Waals surface area contributed by atoms with Gasteiger partial charge in [0.25, 0.3) is 0 Å². The van der Waals surface area contributed by atoms with Crippen LogP contribution in [-0.4, -0.2) is 16.4 Å². The molecule has 3 heteroatoms. The number of hydrogen-bond donors (Lipinski definition) is 0. The Morgan fingerprint density at radius 2 is 2.00 bits per heavy atom. The molecule has 0 saturated heterocycles. The molecular formula is C8H11ClO2. The smallest absolute Gasteiger partial charge is 0.161 e. The van der Waals surface area contributed by atoms with Gasteiger partial charge in [-0.1, -0.05) is 6.92 Å². The van der Waals surface area contributed by atoms with Crippen LogP contribution in [0, 0.1) is 0 Å². The van der Waals surface area contributed by atoms with E-state index in [2.05, 4.69) is 0 Å². The highest BCUT2D eigenvalue weighted by Crippen LogP contribution is 2.44. The Morgan fingerprint density at radius 1 is 1.45 bits per heavy atom. The lowest BCUT2D eigenvalue weighted by molar-refractivity contribution is -0.127. The van der Waals surface area contributed by atoms with Crippen LogP contribution >= 0.6 is 11.6 Å². The standard InChI is InChI=1S/C8H11ClO2/c1-2-6(10)5-7(11)8(9)3-4-8/h2-5H2,1H3. The monoisotopic (exact) mass is 174 g/mol. The molecule has 1 rings (SSSR count). The number of alkyl halides is 1. The molecule has 0 N–H and O–H groups in total. The maximum atomic E-state index is 11.1. The molecule has 1 aliphatic rings. The first-order valence-electron chi connectivity index (χ1n) is 3.82. The van der Waals surface area contributed by atoms with Gasteiger partial charge in [0, 0.05) is 6.42 Å². The summed E-state index contributed by atoms with van der Waals surface area (Å²) < 4.78 is 0. The van der Waals surface area contributed by atoms with Crippen molar-refractivity contribution in [3.8, 4) is 0 Å². The molecule has 11 heavy (non-hydrogen) atoms. The van der Waals surface area contributed by atoms with Crippen molar-refractivity contribution < 1.29 is 9.59 Å². The minimum atomic E-state index is -0.648. The van der Waals surface area contributed by atoms with E-state index in [4.69, 9.17) is 11.6 Å². The second-order valence-corrected chi connectivity index (χ2v) is 3.68. The number of carbonyl (C=O) groups excluding carboxylic acids is 2. The first-order chi connectivity index (χ1) is 5.08. The molecule has 0 aromatic carbocycles. The van der Waals surface area contributed by atoms with Crippen molar-refractivity contribution in [1.82, 2.24) is 0 Å². The van der Waals surface area contributed by atoms with Gasteiger partial charge < -0.3 is 0 Å². The molecule has 0 unspecified atom stereocenters. The average molecular weight is 175 g/mol. The number of halogens is 1. The van der Waals surface area contributed by atoms with Gasteiger partial charge in [0.2, 0.25) is 0 Å². The Kier molecular flexibility index (Phi) is 2.33. The van der Waals surface area contributed by atoms with Crippen molar-refractivity contribution in [3.63, 3.8) is 0 Å². The quantitative estimate of drug-likeness (QED) is 0.480. The zero-order valence-electron chi connectivity index (χ0n) is 6.52. The van der Waals surface area contributed by atoms with Gasteiger partial charge in [-0.05, 0) is 12.8 Å². The van der Waals surface area contributed by atoms with E-state index >= 15 is 0 Å². The summed E-state index contributed by atoms with van der Waals surface area (Å²) in [6.45, 7) is 1.75. The summed E-state index contributed by atoms with van der Waals surface area (Å²) >= 11 is 5.79. The van der Waals surface area contributed by atoms with Gasteiger partial charge >= 0.3 is 0 Å². The number of carbonyl (C=O) groups is 2. The number of hydrogen-bond acceptors (Lipinski definition) is 2. The molecule has 0 aromatic heterocycles. The van der Waals surface area contributed by atoms with Crippen LogP contribution in [0.1, 0.15) is 32.6 Å².